The van der Waals surface area contributed by atoms with Gasteiger partial charge in [-0.25, -0.2) is 4.68 Å². The molecule has 1 saturated heterocycles. The van der Waals surface area contributed by atoms with Crippen molar-refractivity contribution in [3.63, 3.8) is 0 Å². The second kappa shape index (κ2) is 8.51. The number of aryl methyl sites for hydroxylation is 1. The maximum Gasteiger partial charge on any atom is 0.251 e. The van der Waals surface area contributed by atoms with Crippen molar-refractivity contribution in [3.8, 4) is 22.6 Å². The smallest absolute Gasteiger partial charge is 0.251 e. The van der Waals surface area contributed by atoms with Crippen LogP contribution < -0.4 is 10.1 Å². The molecule has 0 bridgehead atoms. The third-order valence-electron chi connectivity index (χ3n) is 5.73. The van der Waals surface area contributed by atoms with Crippen LogP contribution in [0.1, 0.15) is 41.6 Å². The highest BCUT2D eigenvalue weighted by molar-refractivity contribution is 5.96. The first kappa shape index (κ1) is 19.8. The van der Waals surface area contributed by atoms with Crippen molar-refractivity contribution in [2.24, 2.45) is 0 Å². The van der Waals surface area contributed by atoms with E-state index in [9.17, 15) is 4.79 Å². The summed E-state index contributed by atoms with van der Waals surface area (Å²) in [5.74, 6) is 0.677. The molecule has 160 valence electrons. The molecule has 3 aromatic rings. The lowest BCUT2D eigenvalue weighted by Gasteiger charge is -2.11. The summed E-state index contributed by atoms with van der Waals surface area (Å²) < 4.78 is 13.3. The number of benzene rings is 1. The quantitative estimate of drug-likeness (QED) is 0.633. The molecule has 2 aliphatic rings. The number of pyridine rings is 1. The molecule has 1 aliphatic carbocycles. The Morgan fingerprint density at radius 2 is 2.13 bits per heavy atom. The van der Waals surface area contributed by atoms with Gasteiger partial charge in [-0.2, -0.15) is 5.10 Å². The van der Waals surface area contributed by atoms with Gasteiger partial charge in [-0.05, 0) is 55.9 Å². The van der Waals surface area contributed by atoms with Crippen molar-refractivity contribution in [2.75, 3.05) is 13.2 Å². The van der Waals surface area contributed by atoms with E-state index in [-0.39, 0.29) is 12.0 Å². The van der Waals surface area contributed by atoms with E-state index in [0.717, 1.165) is 54.7 Å². The predicted octanol–water partition coefficient (Wildman–Crippen LogP) is 3.69. The zero-order valence-electron chi connectivity index (χ0n) is 17.6. The largest absolute Gasteiger partial charge is 0.489 e. The number of hydrogen-bond donors (Lipinski definition) is 1. The molecule has 1 unspecified atom stereocenters. The monoisotopic (exact) mass is 418 g/mol. The van der Waals surface area contributed by atoms with Crippen molar-refractivity contribution < 1.29 is 14.3 Å². The number of carbonyl (C=O) groups excluding carboxylic acids is 1. The van der Waals surface area contributed by atoms with Gasteiger partial charge in [-0.1, -0.05) is 6.07 Å². The summed E-state index contributed by atoms with van der Waals surface area (Å²) >= 11 is 0. The summed E-state index contributed by atoms with van der Waals surface area (Å²) in [7, 11) is 0. The van der Waals surface area contributed by atoms with Crippen molar-refractivity contribution in [2.45, 2.75) is 44.8 Å². The van der Waals surface area contributed by atoms with Gasteiger partial charge in [0, 0.05) is 36.0 Å². The van der Waals surface area contributed by atoms with Crippen LogP contribution in [0, 0.1) is 6.92 Å². The van der Waals surface area contributed by atoms with Crippen LogP contribution in [-0.4, -0.2) is 46.0 Å². The minimum absolute atomic E-state index is 0.0172. The maximum absolute atomic E-state index is 12.4. The molecule has 31 heavy (non-hydrogen) atoms. The molecule has 1 aliphatic heterocycles. The summed E-state index contributed by atoms with van der Waals surface area (Å²) in [6.07, 6.45) is 11.6. The SMILES string of the molecule is Cc1ccc(C(=O)NC2CC2)cc1-c1cnn(-c2cncc(OCC3CCCO3)c2)c1. The number of hydrogen-bond acceptors (Lipinski definition) is 5. The molecule has 1 N–H and O–H groups in total. The lowest BCUT2D eigenvalue weighted by molar-refractivity contribution is 0.0678. The molecule has 7 nitrogen and oxygen atoms in total. The Balaban J connectivity index is 1.34. The fourth-order valence-corrected chi connectivity index (χ4v) is 3.75. The maximum atomic E-state index is 12.4. The van der Waals surface area contributed by atoms with Gasteiger partial charge in [0.1, 0.15) is 12.4 Å². The summed E-state index contributed by atoms with van der Waals surface area (Å²) in [6, 6.07) is 8.05. The number of rotatable bonds is 7. The van der Waals surface area contributed by atoms with Crippen LogP contribution in [0.25, 0.3) is 16.8 Å². The first-order chi connectivity index (χ1) is 15.2. The molecule has 1 amide bonds. The normalized spacial score (nSPS) is 18.2. The van der Waals surface area contributed by atoms with Gasteiger partial charge in [-0.3, -0.25) is 9.78 Å². The summed E-state index contributed by atoms with van der Waals surface area (Å²) in [6.45, 7) is 3.38. The fraction of sp³-hybridized carbons (Fsp3) is 0.375. The third-order valence-corrected chi connectivity index (χ3v) is 5.73. The molecule has 0 radical (unpaired) electrons. The summed E-state index contributed by atoms with van der Waals surface area (Å²) in [5, 5.41) is 7.56. The highest BCUT2D eigenvalue weighted by Gasteiger charge is 2.24. The van der Waals surface area contributed by atoms with Crippen LogP contribution in [0.4, 0.5) is 0 Å². The van der Waals surface area contributed by atoms with Crippen molar-refractivity contribution in [1.29, 1.82) is 0 Å². The Morgan fingerprint density at radius 3 is 2.94 bits per heavy atom. The van der Waals surface area contributed by atoms with E-state index in [4.69, 9.17) is 9.47 Å². The molecule has 5 rings (SSSR count). The third kappa shape index (κ3) is 4.61. The lowest BCUT2D eigenvalue weighted by atomic mass is 10.0. The van der Waals surface area contributed by atoms with Crippen LogP contribution in [0.5, 0.6) is 5.75 Å². The molecule has 1 saturated carbocycles. The van der Waals surface area contributed by atoms with Crippen LogP contribution in [0.15, 0.2) is 49.1 Å². The van der Waals surface area contributed by atoms with Gasteiger partial charge in [0.15, 0.2) is 0 Å². The highest BCUT2D eigenvalue weighted by Crippen LogP contribution is 2.27. The molecule has 1 atom stereocenters. The molecule has 2 aromatic heterocycles. The van der Waals surface area contributed by atoms with Gasteiger partial charge in [-0.15, -0.1) is 0 Å². The second-order valence-electron chi connectivity index (χ2n) is 8.28. The standard InChI is InChI=1S/C24H26N4O3/c1-16-4-5-17(24(29)27-19-6-7-19)9-23(16)18-11-26-28(14-18)20-10-22(13-25-12-20)31-15-21-3-2-8-30-21/h4-5,9-14,19,21H,2-3,6-8,15H2,1H3,(H,27,29). The fourth-order valence-electron chi connectivity index (χ4n) is 3.75. The minimum Gasteiger partial charge on any atom is -0.489 e. The van der Waals surface area contributed by atoms with E-state index in [1.54, 1.807) is 17.1 Å². The zero-order valence-corrected chi connectivity index (χ0v) is 17.6. The number of nitrogens with one attached hydrogen (secondary N) is 1. The van der Waals surface area contributed by atoms with Gasteiger partial charge >= 0.3 is 0 Å². The van der Waals surface area contributed by atoms with Gasteiger partial charge in [0.25, 0.3) is 5.91 Å². The number of aromatic nitrogens is 3. The van der Waals surface area contributed by atoms with Crippen LogP contribution in [0.3, 0.4) is 0 Å². The zero-order chi connectivity index (χ0) is 21.2. The van der Waals surface area contributed by atoms with E-state index in [1.165, 1.54) is 0 Å². The van der Waals surface area contributed by atoms with Crippen molar-refractivity contribution in [1.82, 2.24) is 20.1 Å². The molecule has 1 aromatic carbocycles. The average molecular weight is 418 g/mol. The van der Waals surface area contributed by atoms with Gasteiger partial charge in [0.05, 0.1) is 30.4 Å². The van der Waals surface area contributed by atoms with E-state index in [0.29, 0.717) is 24.0 Å². The molecule has 3 heterocycles. The Bertz CT molecular complexity index is 1080. The highest BCUT2D eigenvalue weighted by atomic mass is 16.5. The minimum atomic E-state index is -0.0172. The molecular formula is C24H26N4O3. The Morgan fingerprint density at radius 1 is 1.23 bits per heavy atom. The Kier molecular flexibility index (Phi) is 5.42. The van der Waals surface area contributed by atoms with Crippen molar-refractivity contribution >= 4 is 5.91 Å². The molecule has 2 fully saturated rings. The van der Waals surface area contributed by atoms with E-state index < -0.39 is 0 Å². The molecule has 7 heteroatoms. The first-order valence-corrected chi connectivity index (χ1v) is 10.8. The molecule has 0 spiro atoms. The van der Waals surface area contributed by atoms with Crippen LogP contribution in [0.2, 0.25) is 0 Å². The molecular weight excluding hydrogens is 392 g/mol. The van der Waals surface area contributed by atoms with E-state index in [1.807, 2.05) is 43.6 Å². The Labute approximate surface area is 181 Å². The van der Waals surface area contributed by atoms with Crippen LogP contribution in [-0.2, 0) is 4.74 Å². The van der Waals surface area contributed by atoms with Crippen LogP contribution >= 0.6 is 0 Å². The van der Waals surface area contributed by atoms with E-state index >= 15 is 0 Å². The number of nitrogens with zero attached hydrogens (tertiary/aromatic N) is 3. The predicted molar refractivity (Wildman–Crippen MR) is 116 cm³/mol. The number of carbonyl (C=O) groups is 1. The number of ether oxygens (including phenoxy) is 2. The van der Waals surface area contributed by atoms with Gasteiger partial charge < -0.3 is 14.8 Å². The average Bonchev–Trinajstić information content (AvgIpc) is 3.25. The van der Waals surface area contributed by atoms with E-state index in [2.05, 4.69) is 15.4 Å². The first-order valence-electron chi connectivity index (χ1n) is 10.8. The van der Waals surface area contributed by atoms with Crippen molar-refractivity contribution in [3.05, 3.63) is 60.2 Å². The Hall–Kier alpha value is -3.19. The lowest BCUT2D eigenvalue weighted by Crippen LogP contribution is -2.25. The summed E-state index contributed by atoms with van der Waals surface area (Å²) in [5.41, 5.74) is 4.52. The second-order valence-corrected chi connectivity index (χ2v) is 8.28. The topological polar surface area (TPSA) is 78.3 Å². The number of amides is 1. The summed E-state index contributed by atoms with van der Waals surface area (Å²) in [4.78, 5) is 16.7. The van der Waals surface area contributed by atoms with Gasteiger partial charge in [0.2, 0.25) is 0 Å².